The molecule has 0 saturated heterocycles. The Morgan fingerprint density at radius 1 is 1.12 bits per heavy atom. The molecule has 6 heteroatoms. The third-order valence-corrected chi connectivity index (χ3v) is 3.99. The van der Waals surface area contributed by atoms with Gasteiger partial charge in [-0.1, -0.05) is 6.07 Å². The molecule has 6 nitrogen and oxygen atoms in total. The van der Waals surface area contributed by atoms with Crippen molar-refractivity contribution in [3.05, 3.63) is 60.0 Å². The molecule has 0 saturated carbocycles. The van der Waals surface area contributed by atoms with Crippen LogP contribution in [0.5, 0.6) is 11.5 Å². The molecular formula is C18H18N4O2. The molecule has 0 spiro atoms. The standard InChI is InChI=1S/C18H18N4O2/c1-22(10-13-3-2-6-19-8-13)11-15-9-20-21-18(15)14-4-5-16-17(7-14)24-12-23-16/h2-9H,10-12H2,1H3,(H,20,21). The average Bonchev–Trinajstić information content (AvgIpc) is 3.23. The van der Waals surface area contributed by atoms with E-state index in [1.807, 2.05) is 36.7 Å². The van der Waals surface area contributed by atoms with Crippen molar-refractivity contribution in [2.24, 2.45) is 0 Å². The number of aromatic amines is 1. The molecule has 0 radical (unpaired) electrons. The molecule has 2 aromatic heterocycles. The number of fused-ring (bicyclic) bond motifs is 1. The number of hydrogen-bond donors (Lipinski definition) is 1. The number of ether oxygens (including phenoxy) is 2. The van der Waals surface area contributed by atoms with Gasteiger partial charge in [0.15, 0.2) is 11.5 Å². The second kappa shape index (κ2) is 6.33. The van der Waals surface area contributed by atoms with E-state index >= 15 is 0 Å². The molecule has 1 N–H and O–H groups in total. The van der Waals surface area contributed by atoms with E-state index in [-0.39, 0.29) is 6.79 Å². The molecule has 4 rings (SSSR count). The average molecular weight is 322 g/mol. The van der Waals surface area contributed by atoms with Gasteiger partial charge in [0.25, 0.3) is 0 Å². The highest BCUT2D eigenvalue weighted by Crippen LogP contribution is 2.36. The summed E-state index contributed by atoms with van der Waals surface area (Å²) < 4.78 is 10.8. The van der Waals surface area contributed by atoms with Crippen LogP contribution >= 0.6 is 0 Å². The molecule has 24 heavy (non-hydrogen) atoms. The SMILES string of the molecule is CN(Cc1cccnc1)Cc1cn[nH]c1-c1ccc2c(c1)OCO2. The summed E-state index contributed by atoms with van der Waals surface area (Å²) in [4.78, 5) is 6.40. The van der Waals surface area contributed by atoms with Gasteiger partial charge in [0.2, 0.25) is 6.79 Å². The van der Waals surface area contributed by atoms with Crippen molar-refractivity contribution in [1.29, 1.82) is 0 Å². The van der Waals surface area contributed by atoms with Gasteiger partial charge >= 0.3 is 0 Å². The minimum Gasteiger partial charge on any atom is -0.454 e. The first-order valence-corrected chi connectivity index (χ1v) is 7.79. The van der Waals surface area contributed by atoms with Crippen LogP contribution in [0.15, 0.2) is 48.9 Å². The molecule has 0 bridgehead atoms. The summed E-state index contributed by atoms with van der Waals surface area (Å²) in [6.45, 7) is 1.90. The second-order valence-corrected chi connectivity index (χ2v) is 5.87. The summed E-state index contributed by atoms with van der Waals surface area (Å²) in [6, 6.07) is 9.98. The molecule has 3 aromatic rings. The van der Waals surface area contributed by atoms with Crippen molar-refractivity contribution in [2.45, 2.75) is 13.1 Å². The van der Waals surface area contributed by atoms with Crippen LogP contribution in [0, 0.1) is 0 Å². The number of benzene rings is 1. The lowest BCUT2D eigenvalue weighted by Gasteiger charge is -2.16. The molecule has 0 amide bonds. The van der Waals surface area contributed by atoms with E-state index < -0.39 is 0 Å². The fourth-order valence-corrected chi connectivity index (χ4v) is 2.88. The highest BCUT2D eigenvalue weighted by atomic mass is 16.7. The van der Waals surface area contributed by atoms with E-state index in [1.54, 1.807) is 6.20 Å². The maximum Gasteiger partial charge on any atom is 0.231 e. The van der Waals surface area contributed by atoms with Crippen molar-refractivity contribution in [2.75, 3.05) is 13.8 Å². The van der Waals surface area contributed by atoms with Gasteiger partial charge in [-0.2, -0.15) is 5.10 Å². The van der Waals surface area contributed by atoms with Gasteiger partial charge in [-0.3, -0.25) is 15.0 Å². The minimum absolute atomic E-state index is 0.280. The molecule has 1 aliphatic heterocycles. The highest BCUT2D eigenvalue weighted by Gasteiger charge is 2.16. The van der Waals surface area contributed by atoms with E-state index in [1.165, 1.54) is 5.56 Å². The quantitative estimate of drug-likeness (QED) is 0.782. The third kappa shape index (κ3) is 2.96. The largest absolute Gasteiger partial charge is 0.454 e. The van der Waals surface area contributed by atoms with Crippen molar-refractivity contribution in [3.63, 3.8) is 0 Å². The summed E-state index contributed by atoms with van der Waals surface area (Å²) in [5.74, 6) is 1.56. The number of nitrogens with one attached hydrogen (secondary N) is 1. The van der Waals surface area contributed by atoms with Crippen LogP contribution in [-0.2, 0) is 13.1 Å². The zero-order valence-corrected chi connectivity index (χ0v) is 13.4. The highest BCUT2D eigenvalue weighted by molar-refractivity contribution is 5.66. The van der Waals surface area contributed by atoms with Gasteiger partial charge in [-0.25, -0.2) is 0 Å². The zero-order chi connectivity index (χ0) is 16.4. The topological polar surface area (TPSA) is 63.3 Å². The summed E-state index contributed by atoms with van der Waals surface area (Å²) in [5, 5.41) is 7.31. The van der Waals surface area contributed by atoms with Gasteiger partial charge in [0.05, 0.1) is 11.9 Å². The van der Waals surface area contributed by atoms with E-state index in [4.69, 9.17) is 9.47 Å². The second-order valence-electron chi connectivity index (χ2n) is 5.87. The van der Waals surface area contributed by atoms with Crippen LogP contribution in [0.2, 0.25) is 0 Å². The van der Waals surface area contributed by atoms with Crippen LogP contribution in [0.4, 0.5) is 0 Å². The number of H-pyrrole nitrogens is 1. The van der Waals surface area contributed by atoms with Gasteiger partial charge in [-0.05, 0) is 36.9 Å². The van der Waals surface area contributed by atoms with Crippen molar-refractivity contribution in [1.82, 2.24) is 20.1 Å². The lowest BCUT2D eigenvalue weighted by Crippen LogP contribution is -2.17. The molecule has 3 heterocycles. The van der Waals surface area contributed by atoms with Gasteiger partial charge in [0.1, 0.15) is 0 Å². The summed E-state index contributed by atoms with van der Waals surface area (Å²) in [5.41, 5.74) is 4.38. The van der Waals surface area contributed by atoms with Crippen LogP contribution in [-0.4, -0.2) is 33.9 Å². The third-order valence-electron chi connectivity index (χ3n) is 3.99. The van der Waals surface area contributed by atoms with E-state index in [2.05, 4.69) is 33.2 Å². The zero-order valence-electron chi connectivity index (χ0n) is 13.4. The van der Waals surface area contributed by atoms with E-state index in [0.29, 0.717) is 0 Å². The Balaban J connectivity index is 1.52. The normalized spacial score (nSPS) is 12.8. The number of nitrogens with zero attached hydrogens (tertiary/aromatic N) is 3. The van der Waals surface area contributed by atoms with Crippen LogP contribution in [0.1, 0.15) is 11.1 Å². The summed E-state index contributed by atoms with van der Waals surface area (Å²) in [6.07, 6.45) is 5.56. The minimum atomic E-state index is 0.280. The molecule has 122 valence electrons. The number of aromatic nitrogens is 3. The molecular weight excluding hydrogens is 304 g/mol. The molecule has 1 aromatic carbocycles. The first-order chi connectivity index (χ1) is 11.8. The van der Waals surface area contributed by atoms with Crippen molar-refractivity contribution in [3.8, 4) is 22.8 Å². The lowest BCUT2D eigenvalue weighted by molar-refractivity contribution is 0.174. The van der Waals surface area contributed by atoms with E-state index in [9.17, 15) is 0 Å². The van der Waals surface area contributed by atoms with Gasteiger partial charge < -0.3 is 9.47 Å². The van der Waals surface area contributed by atoms with Gasteiger partial charge in [0, 0.05) is 36.6 Å². The Morgan fingerprint density at radius 2 is 2.04 bits per heavy atom. The number of hydrogen-bond acceptors (Lipinski definition) is 5. The lowest BCUT2D eigenvalue weighted by atomic mass is 10.1. The van der Waals surface area contributed by atoms with Crippen LogP contribution in [0.25, 0.3) is 11.3 Å². The van der Waals surface area contributed by atoms with Crippen LogP contribution in [0.3, 0.4) is 0 Å². The van der Waals surface area contributed by atoms with Crippen LogP contribution < -0.4 is 9.47 Å². The van der Waals surface area contributed by atoms with Gasteiger partial charge in [-0.15, -0.1) is 0 Å². The molecule has 0 aliphatic carbocycles. The smallest absolute Gasteiger partial charge is 0.231 e. The van der Waals surface area contributed by atoms with Crippen molar-refractivity contribution >= 4 is 0 Å². The Bertz CT molecular complexity index is 832. The summed E-state index contributed by atoms with van der Waals surface area (Å²) in [7, 11) is 2.09. The fraction of sp³-hybridized carbons (Fsp3) is 0.222. The first-order valence-electron chi connectivity index (χ1n) is 7.79. The van der Waals surface area contributed by atoms with E-state index in [0.717, 1.165) is 41.4 Å². The predicted octanol–water partition coefficient (Wildman–Crippen LogP) is 2.83. The molecule has 0 atom stereocenters. The Kier molecular flexibility index (Phi) is 3.88. The number of pyridine rings is 1. The maximum atomic E-state index is 5.46. The molecule has 0 fully saturated rings. The first kappa shape index (κ1) is 14.7. The molecule has 0 unspecified atom stereocenters. The predicted molar refractivity (Wildman–Crippen MR) is 89.6 cm³/mol. The number of rotatable bonds is 5. The Hall–Kier alpha value is -2.86. The van der Waals surface area contributed by atoms with Crippen molar-refractivity contribution < 1.29 is 9.47 Å². The fourth-order valence-electron chi connectivity index (χ4n) is 2.88. The monoisotopic (exact) mass is 322 g/mol. The molecule has 1 aliphatic rings. The maximum absolute atomic E-state index is 5.46. The Labute approximate surface area is 140 Å². The Morgan fingerprint density at radius 3 is 2.92 bits per heavy atom. The summed E-state index contributed by atoms with van der Waals surface area (Å²) >= 11 is 0.